The minimum Gasteiger partial charge on any atom is -0.462 e. The highest BCUT2D eigenvalue weighted by atomic mass is 32.2. The second kappa shape index (κ2) is 8.77. The van der Waals surface area contributed by atoms with E-state index in [1.54, 1.807) is 32.9 Å². The number of carbonyl (C=O) groups excluding carboxylic acids is 2. The van der Waals surface area contributed by atoms with E-state index in [4.69, 9.17) is 4.74 Å². The predicted molar refractivity (Wildman–Crippen MR) is 119 cm³/mol. The Kier molecular flexibility index (Phi) is 6.52. The maximum atomic E-state index is 12.9. The lowest BCUT2D eigenvalue weighted by Gasteiger charge is -2.25. The number of aryl methyl sites for hydroxylation is 3. The number of thiophene rings is 1. The van der Waals surface area contributed by atoms with Gasteiger partial charge in [0.25, 0.3) is 0 Å². The molecule has 3 rings (SSSR count). The first-order chi connectivity index (χ1) is 14.1. The van der Waals surface area contributed by atoms with Crippen LogP contribution >= 0.6 is 11.3 Å². The average Bonchev–Trinajstić information content (AvgIpc) is 3.20. The fraction of sp³-hybridized carbons (Fsp3) is 0.429. The second-order valence-electron chi connectivity index (χ2n) is 7.34. The van der Waals surface area contributed by atoms with Crippen LogP contribution in [0, 0.1) is 13.8 Å². The Morgan fingerprint density at radius 2 is 1.87 bits per heavy atom. The summed E-state index contributed by atoms with van der Waals surface area (Å²) in [5.41, 5.74) is 3.35. The van der Waals surface area contributed by atoms with E-state index in [1.807, 2.05) is 6.07 Å². The molecule has 0 unspecified atom stereocenters. The molecule has 0 fully saturated rings. The highest BCUT2D eigenvalue weighted by Gasteiger charge is 2.30. The quantitative estimate of drug-likeness (QED) is 0.653. The molecule has 1 heterocycles. The molecule has 0 saturated heterocycles. The summed E-state index contributed by atoms with van der Waals surface area (Å²) in [4.78, 5) is 26.4. The fourth-order valence-corrected chi connectivity index (χ4v) is 6.03. The van der Waals surface area contributed by atoms with Gasteiger partial charge in [-0.1, -0.05) is 18.2 Å². The average molecular weight is 451 g/mol. The number of rotatable bonds is 7. The third kappa shape index (κ3) is 4.52. The number of ether oxygens (including phenoxy) is 1. The summed E-state index contributed by atoms with van der Waals surface area (Å²) in [6.45, 7) is 5.21. The number of nitrogens with one attached hydrogen (secondary N) is 1. The van der Waals surface area contributed by atoms with Gasteiger partial charge in [0.15, 0.2) is 0 Å². The number of anilines is 2. The monoisotopic (exact) mass is 450 g/mol. The predicted octanol–water partition coefficient (Wildman–Crippen LogP) is 3.44. The number of fused-ring (bicyclic) bond motifs is 1. The molecule has 0 spiro atoms. The van der Waals surface area contributed by atoms with Crippen LogP contribution in [0.1, 0.15) is 45.3 Å². The number of carbonyl (C=O) groups is 2. The molecule has 0 radical (unpaired) electrons. The van der Waals surface area contributed by atoms with Crippen molar-refractivity contribution >= 4 is 43.9 Å². The molecular formula is C21H26N2O5S2. The number of benzene rings is 1. The summed E-state index contributed by atoms with van der Waals surface area (Å²) in [7, 11) is -3.70. The summed E-state index contributed by atoms with van der Waals surface area (Å²) < 4.78 is 31.2. The molecule has 1 aliphatic carbocycles. The molecule has 1 N–H and O–H groups in total. The first-order valence-corrected chi connectivity index (χ1v) is 12.4. The van der Waals surface area contributed by atoms with Gasteiger partial charge in [-0.25, -0.2) is 13.2 Å². The summed E-state index contributed by atoms with van der Waals surface area (Å²) in [5.74, 6) is -0.963. The number of amides is 1. The van der Waals surface area contributed by atoms with Crippen molar-refractivity contribution in [1.82, 2.24) is 0 Å². The van der Waals surface area contributed by atoms with Crippen LogP contribution in [0.15, 0.2) is 18.2 Å². The van der Waals surface area contributed by atoms with Gasteiger partial charge in [0.05, 0.1) is 24.1 Å². The van der Waals surface area contributed by atoms with Crippen LogP contribution in [-0.2, 0) is 32.4 Å². The minimum absolute atomic E-state index is 0.241. The number of hydrogen-bond acceptors (Lipinski definition) is 6. The van der Waals surface area contributed by atoms with Gasteiger partial charge in [-0.2, -0.15) is 0 Å². The van der Waals surface area contributed by atoms with Crippen molar-refractivity contribution in [1.29, 1.82) is 0 Å². The number of nitrogens with zero attached hydrogens (tertiary/aromatic N) is 1. The van der Waals surface area contributed by atoms with Crippen molar-refractivity contribution < 1.29 is 22.7 Å². The van der Waals surface area contributed by atoms with Crippen LogP contribution in [0.5, 0.6) is 0 Å². The third-order valence-corrected chi connectivity index (χ3v) is 7.35. The maximum absolute atomic E-state index is 12.9. The van der Waals surface area contributed by atoms with Gasteiger partial charge in [-0.3, -0.25) is 9.10 Å². The summed E-state index contributed by atoms with van der Waals surface area (Å²) in [6, 6.07) is 5.45. The fourth-order valence-electron chi connectivity index (χ4n) is 3.77. The van der Waals surface area contributed by atoms with E-state index < -0.39 is 21.9 Å². The van der Waals surface area contributed by atoms with Crippen LogP contribution in [0.3, 0.4) is 0 Å². The van der Waals surface area contributed by atoms with Crippen LogP contribution < -0.4 is 9.62 Å². The third-order valence-electron chi connectivity index (χ3n) is 5.03. The van der Waals surface area contributed by atoms with Gasteiger partial charge >= 0.3 is 5.97 Å². The van der Waals surface area contributed by atoms with Crippen LogP contribution in [0.2, 0.25) is 0 Å². The molecule has 0 atom stereocenters. The summed E-state index contributed by atoms with van der Waals surface area (Å²) >= 11 is 1.37. The zero-order chi connectivity index (χ0) is 22.1. The first kappa shape index (κ1) is 22.3. The zero-order valence-electron chi connectivity index (χ0n) is 17.6. The number of esters is 1. The van der Waals surface area contributed by atoms with E-state index in [2.05, 4.69) is 5.32 Å². The van der Waals surface area contributed by atoms with E-state index >= 15 is 0 Å². The molecule has 2 aromatic rings. The highest BCUT2D eigenvalue weighted by molar-refractivity contribution is 7.92. The standard InChI is InChI=1S/C21H26N2O5S2/c1-5-28-21(25)18-15-10-7-11-16(15)29-20(18)22-17(24)12-23(30(4,26)27)19-13(2)8-6-9-14(19)3/h6,8-9H,5,7,10-12H2,1-4H3,(H,22,24). The number of hydrogen-bond donors (Lipinski definition) is 1. The smallest absolute Gasteiger partial charge is 0.341 e. The molecule has 162 valence electrons. The van der Waals surface area contributed by atoms with Crippen molar-refractivity contribution in [2.45, 2.75) is 40.0 Å². The lowest BCUT2D eigenvalue weighted by molar-refractivity contribution is -0.114. The largest absolute Gasteiger partial charge is 0.462 e. The Labute approximate surface area is 181 Å². The Morgan fingerprint density at radius 3 is 2.47 bits per heavy atom. The van der Waals surface area contributed by atoms with Crippen LogP contribution in [0.4, 0.5) is 10.7 Å². The molecule has 0 aliphatic heterocycles. The van der Waals surface area contributed by atoms with Crippen molar-refractivity contribution in [3.8, 4) is 0 Å². The van der Waals surface area contributed by atoms with Gasteiger partial charge in [-0.15, -0.1) is 11.3 Å². The molecule has 1 aromatic heterocycles. The van der Waals surface area contributed by atoms with Crippen LogP contribution in [0.25, 0.3) is 0 Å². The second-order valence-corrected chi connectivity index (χ2v) is 10.4. The number of para-hydroxylation sites is 1. The minimum atomic E-state index is -3.70. The molecule has 1 aliphatic rings. The molecule has 9 heteroatoms. The molecular weight excluding hydrogens is 424 g/mol. The maximum Gasteiger partial charge on any atom is 0.341 e. The van der Waals surface area contributed by atoms with Gasteiger partial charge in [-0.05, 0) is 56.7 Å². The van der Waals surface area contributed by atoms with Gasteiger partial charge in [0.2, 0.25) is 15.9 Å². The zero-order valence-corrected chi connectivity index (χ0v) is 19.2. The van der Waals surface area contributed by atoms with E-state index in [1.165, 1.54) is 11.3 Å². The molecule has 30 heavy (non-hydrogen) atoms. The number of sulfonamides is 1. The summed E-state index contributed by atoms with van der Waals surface area (Å²) in [6.07, 6.45) is 3.68. The van der Waals surface area contributed by atoms with E-state index in [9.17, 15) is 18.0 Å². The van der Waals surface area contributed by atoms with E-state index in [-0.39, 0.29) is 13.2 Å². The van der Waals surface area contributed by atoms with Gasteiger partial charge in [0, 0.05) is 4.88 Å². The molecule has 0 bridgehead atoms. The molecule has 1 amide bonds. The summed E-state index contributed by atoms with van der Waals surface area (Å²) in [5, 5.41) is 3.19. The van der Waals surface area contributed by atoms with Crippen molar-refractivity contribution in [3.63, 3.8) is 0 Å². The highest BCUT2D eigenvalue weighted by Crippen LogP contribution is 2.39. The SMILES string of the molecule is CCOC(=O)c1c(NC(=O)CN(c2c(C)cccc2C)S(C)(=O)=O)sc2c1CCC2. The molecule has 1 aromatic carbocycles. The van der Waals surface area contributed by atoms with Gasteiger partial charge < -0.3 is 10.1 Å². The van der Waals surface area contributed by atoms with Crippen molar-refractivity contribution in [2.75, 3.05) is 29.0 Å². The van der Waals surface area contributed by atoms with Crippen molar-refractivity contribution in [3.05, 3.63) is 45.3 Å². The first-order valence-electron chi connectivity index (χ1n) is 9.79. The molecule has 0 saturated carbocycles. The van der Waals surface area contributed by atoms with Crippen LogP contribution in [-0.4, -0.2) is 39.7 Å². The lowest BCUT2D eigenvalue weighted by Crippen LogP contribution is -2.38. The Morgan fingerprint density at radius 1 is 1.20 bits per heavy atom. The van der Waals surface area contributed by atoms with E-state index in [0.29, 0.717) is 16.3 Å². The Hall–Kier alpha value is -2.39. The normalized spacial score (nSPS) is 13.1. The van der Waals surface area contributed by atoms with Crippen molar-refractivity contribution in [2.24, 2.45) is 0 Å². The Balaban J connectivity index is 1.90. The molecule has 7 nitrogen and oxygen atoms in total. The van der Waals surface area contributed by atoms with E-state index in [0.717, 1.165) is 51.4 Å². The Bertz CT molecular complexity index is 1070. The lowest BCUT2D eigenvalue weighted by atomic mass is 10.1. The van der Waals surface area contributed by atoms with Gasteiger partial charge in [0.1, 0.15) is 11.5 Å². The topological polar surface area (TPSA) is 92.8 Å².